The summed E-state index contributed by atoms with van der Waals surface area (Å²) in [6, 6.07) is 38.1. The molecule has 20 nitrogen and oxygen atoms in total. The number of rotatable bonds is 19. The first kappa shape index (κ1) is 63.2. The molecule has 0 saturated heterocycles. The molecule has 0 atom stereocenters. The van der Waals surface area contributed by atoms with E-state index in [1.54, 1.807) is 45.0 Å². The van der Waals surface area contributed by atoms with Crippen LogP contribution in [0.5, 0.6) is 0 Å². The summed E-state index contributed by atoms with van der Waals surface area (Å²) in [5.41, 5.74) is 19.9. The molecule has 9 N–H and O–H groups in total. The summed E-state index contributed by atoms with van der Waals surface area (Å²) in [5.74, 6) is 0.897. The number of carbonyl (C=O) groups is 5. The number of carbonyl (C=O) groups excluding carboxylic acids is 5. The first-order chi connectivity index (χ1) is 39.9. The number of nitrogens with one attached hydrogen (secondary N) is 7. The largest absolute Gasteiger partial charge is 0.444 e. The number of imidazole rings is 2. The zero-order chi connectivity index (χ0) is 58.8. The average Bonchev–Trinajstić information content (AvgIpc) is 3.78. The third-order valence-electron chi connectivity index (χ3n) is 13.6. The van der Waals surface area contributed by atoms with Crippen molar-refractivity contribution in [1.82, 2.24) is 56.3 Å². The molecule has 4 heterocycles. The zero-order valence-electron chi connectivity index (χ0n) is 47.8. The lowest BCUT2D eigenvalue weighted by Crippen LogP contribution is -2.37. The van der Waals surface area contributed by atoms with Crippen LogP contribution in [-0.4, -0.2) is 157 Å². The Balaban J connectivity index is 0.000000241. The monoisotopic (exact) mass is 1150 g/mol. The topological polar surface area (TPSA) is 269 Å². The van der Waals surface area contributed by atoms with E-state index in [1.165, 1.54) is 0 Å². The summed E-state index contributed by atoms with van der Waals surface area (Å²) in [5, 5.41) is 14.1. The molecular weight excluding hydrogens is 1070 g/mol. The van der Waals surface area contributed by atoms with Crippen molar-refractivity contribution in [3.63, 3.8) is 0 Å². The molecule has 2 aliphatic heterocycles. The van der Waals surface area contributed by atoms with Gasteiger partial charge in [0.25, 0.3) is 23.6 Å². The smallest absolute Gasteiger partial charge is 0.407 e. The Kier molecular flexibility index (Phi) is 21.0. The highest BCUT2D eigenvalue weighted by atomic mass is 16.6. The Labute approximate surface area is 496 Å². The number of nitrogens with zero attached hydrogens (tertiary/aromatic N) is 6. The van der Waals surface area contributed by atoms with Gasteiger partial charge < -0.3 is 56.8 Å². The SMILES string of the molecule is C.C.CN(C)CCNC(=O)c1ccc2nc(-c3ccc(C4=Nc5ccc(C(=O)NCCN)cc5C4)cc3)[nH]c2c1.CN(C)CCNC(=O)c1ccc2nc(-c3ccc(C4=Nc5ccc(C(=O)NCCNC(=O)OC(C)(C)C)cc5C4)cc3)[nH]c2c1. The molecular formula is C65H78N14O6. The van der Waals surface area contributed by atoms with Gasteiger partial charge in [-0.15, -0.1) is 0 Å². The lowest BCUT2D eigenvalue weighted by Gasteiger charge is -2.19. The molecule has 0 unspecified atom stereocenters. The van der Waals surface area contributed by atoms with Crippen LogP contribution in [0.2, 0.25) is 0 Å². The quantitative estimate of drug-likeness (QED) is 0.0355. The van der Waals surface area contributed by atoms with Gasteiger partial charge in [-0.3, -0.25) is 29.2 Å². The fourth-order valence-corrected chi connectivity index (χ4v) is 9.27. The average molecular weight is 1150 g/mol. The number of aliphatic imine (C=N–C) groups is 2. The number of aromatic nitrogens is 4. The van der Waals surface area contributed by atoms with Crippen LogP contribution in [0.3, 0.4) is 0 Å². The lowest BCUT2D eigenvalue weighted by atomic mass is 10.0. The zero-order valence-corrected chi connectivity index (χ0v) is 47.8. The van der Waals surface area contributed by atoms with Crippen LogP contribution in [0.1, 0.15) is 99.3 Å². The summed E-state index contributed by atoms with van der Waals surface area (Å²) in [7, 11) is 7.88. The molecule has 0 spiro atoms. The standard InChI is InChI=1S/C34H39N7O4.C29H31N7O2.2CH4/c1-34(2,3)45-33(44)37-15-14-35-31(42)23-10-12-26-25(18-23)20-28(38-26)21-6-8-22(9-7-21)30-39-27-13-11-24(19-29(27)40-30)32(43)36-16-17-41(4)5;1-36(2)14-13-32-29(38)21-8-10-24-26(16-21)35-27(34-24)19-5-3-18(4-6-19)25-17-22-15-20(7-9-23(22)33-25)28(37)31-12-11-30;;/h6-13,18-19H,14-17,20H2,1-5H3,(H,35,42)(H,36,43)(H,37,44)(H,39,40);3-10,15-16H,11-14,17,30H2,1-2H3,(H,31,37)(H,32,38)(H,34,35);2*1H4. The number of fused-ring (bicyclic) bond motifs is 4. The predicted molar refractivity (Wildman–Crippen MR) is 339 cm³/mol. The van der Waals surface area contributed by atoms with Gasteiger partial charge in [0.15, 0.2) is 0 Å². The summed E-state index contributed by atoms with van der Waals surface area (Å²) in [6.07, 6.45) is 0.757. The van der Waals surface area contributed by atoms with Crippen LogP contribution < -0.4 is 32.3 Å². The number of alkyl carbamates (subject to hydrolysis) is 1. The molecule has 5 amide bonds. The van der Waals surface area contributed by atoms with Gasteiger partial charge in [-0.2, -0.15) is 0 Å². The molecule has 2 aromatic heterocycles. The van der Waals surface area contributed by atoms with E-state index in [4.69, 9.17) is 30.4 Å². The van der Waals surface area contributed by atoms with Crippen molar-refractivity contribution in [3.8, 4) is 22.8 Å². The third kappa shape index (κ3) is 16.5. The second-order valence-electron chi connectivity index (χ2n) is 21.8. The number of hydrogen-bond donors (Lipinski definition) is 8. The van der Waals surface area contributed by atoms with Crippen LogP contribution in [-0.2, 0) is 17.6 Å². The minimum absolute atomic E-state index is 0. The predicted octanol–water partition coefficient (Wildman–Crippen LogP) is 8.61. The van der Waals surface area contributed by atoms with Gasteiger partial charge in [0.1, 0.15) is 17.2 Å². The van der Waals surface area contributed by atoms with Gasteiger partial charge >= 0.3 is 6.09 Å². The first-order valence-corrected chi connectivity index (χ1v) is 27.6. The van der Waals surface area contributed by atoms with E-state index in [0.29, 0.717) is 61.3 Å². The molecule has 10 rings (SSSR count). The van der Waals surface area contributed by atoms with Crippen molar-refractivity contribution in [2.45, 2.75) is 54.1 Å². The van der Waals surface area contributed by atoms with Gasteiger partial charge in [-0.25, -0.2) is 14.8 Å². The van der Waals surface area contributed by atoms with Gasteiger partial charge in [0, 0.05) is 98.6 Å². The molecule has 444 valence electrons. The van der Waals surface area contributed by atoms with E-state index in [2.05, 4.69) is 36.6 Å². The maximum Gasteiger partial charge on any atom is 0.407 e. The number of benzene rings is 6. The maximum atomic E-state index is 12.7. The number of amides is 5. The highest BCUT2D eigenvalue weighted by molar-refractivity contribution is 6.09. The lowest BCUT2D eigenvalue weighted by molar-refractivity contribution is 0.0526. The molecule has 20 heteroatoms. The molecule has 8 aromatic rings. The number of hydrogen-bond acceptors (Lipinski definition) is 13. The second kappa shape index (κ2) is 28.3. The number of aromatic amines is 2. The number of H-pyrrole nitrogens is 2. The summed E-state index contributed by atoms with van der Waals surface area (Å²) in [4.78, 5) is 91.5. The minimum Gasteiger partial charge on any atom is -0.444 e. The van der Waals surface area contributed by atoms with Crippen LogP contribution in [0, 0.1) is 0 Å². The molecule has 0 fully saturated rings. The van der Waals surface area contributed by atoms with E-state index in [9.17, 15) is 24.0 Å². The van der Waals surface area contributed by atoms with Crippen LogP contribution in [0.25, 0.3) is 44.8 Å². The van der Waals surface area contributed by atoms with Gasteiger partial charge in [-0.1, -0.05) is 63.4 Å². The molecule has 0 saturated carbocycles. The van der Waals surface area contributed by atoms with E-state index in [1.807, 2.05) is 135 Å². The second-order valence-corrected chi connectivity index (χ2v) is 21.8. The van der Waals surface area contributed by atoms with Gasteiger partial charge in [-0.05, 0) is 144 Å². The molecule has 0 radical (unpaired) electrons. The molecule has 6 aromatic carbocycles. The van der Waals surface area contributed by atoms with Crippen molar-refractivity contribution < 1.29 is 28.7 Å². The fourth-order valence-electron chi connectivity index (χ4n) is 9.27. The first-order valence-electron chi connectivity index (χ1n) is 27.6. The van der Waals surface area contributed by atoms with Gasteiger partial charge in [0.2, 0.25) is 0 Å². The fraction of sp³-hybridized carbons (Fsp3) is 0.308. The highest BCUT2D eigenvalue weighted by Crippen LogP contribution is 2.33. The third-order valence-corrected chi connectivity index (χ3v) is 13.6. The summed E-state index contributed by atoms with van der Waals surface area (Å²) < 4.78 is 5.20. The Morgan fingerprint density at radius 2 is 0.859 bits per heavy atom. The Hall–Kier alpha value is -9.37. The van der Waals surface area contributed by atoms with E-state index < -0.39 is 11.7 Å². The normalized spacial score (nSPS) is 12.2. The molecule has 85 heavy (non-hydrogen) atoms. The van der Waals surface area contributed by atoms with E-state index in [0.717, 1.165) is 103 Å². The number of likely N-dealkylation sites (N-methyl/N-ethyl adjacent to an activating group) is 2. The van der Waals surface area contributed by atoms with Crippen molar-refractivity contribution in [1.29, 1.82) is 0 Å². The van der Waals surface area contributed by atoms with Crippen LogP contribution >= 0.6 is 0 Å². The maximum absolute atomic E-state index is 12.7. The van der Waals surface area contributed by atoms with Crippen LogP contribution in [0.15, 0.2) is 131 Å². The highest BCUT2D eigenvalue weighted by Gasteiger charge is 2.22. The Bertz CT molecular complexity index is 3760. The molecule has 0 aliphatic carbocycles. The van der Waals surface area contributed by atoms with Crippen molar-refractivity contribution >= 4 is 74.6 Å². The number of nitrogens with two attached hydrogens (primary N) is 1. The molecule has 2 aliphatic rings. The van der Waals surface area contributed by atoms with Gasteiger partial charge in [0.05, 0.1) is 44.9 Å². The van der Waals surface area contributed by atoms with Crippen molar-refractivity contribution in [2.75, 3.05) is 80.5 Å². The minimum atomic E-state index is -0.576. The Morgan fingerprint density at radius 3 is 1.26 bits per heavy atom. The molecule has 0 bridgehead atoms. The van der Waals surface area contributed by atoms with Crippen molar-refractivity contribution in [2.24, 2.45) is 15.7 Å². The summed E-state index contributed by atoms with van der Waals surface area (Å²) in [6.45, 7) is 9.50. The van der Waals surface area contributed by atoms with E-state index in [-0.39, 0.29) is 51.6 Å². The Morgan fingerprint density at radius 1 is 0.494 bits per heavy atom. The number of ether oxygens (including phenoxy) is 1. The van der Waals surface area contributed by atoms with E-state index >= 15 is 0 Å². The van der Waals surface area contributed by atoms with Crippen molar-refractivity contribution in [3.05, 3.63) is 166 Å². The van der Waals surface area contributed by atoms with Crippen LogP contribution in [0.4, 0.5) is 16.2 Å². The summed E-state index contributed by atoms with van der Waals surface area (Å²) >= 11 is 0.